The third-order valence-electron chi connectivity index (χ3n) is 3.48. The number of alkyl halides is 5. The average molecular weight is 323 g/mol. The molecule has 2 rings (SSSR count). The summed E-state index contributed by atoms with van der Waals surface area (Å²) in [4.78, 5) is 15.1. The molecule has 4 nitrogen and oxygen atoms in total. The highest BCUT2D eigenvalue weighted by Gasteiger charge is 2.63. The van der Waals surface area contributed by atoms with Gasteiger partial charge in [0.2, 0.25) is 0 Å². The van der Waals surface area contributed by atoms with Gasteiger partial charge in [0.15, 0.2) is 0 Å². The van der Waals surface area contributed by atoms with E-state index in [9.17, 15) is 26.7 Å². The summed E-state index contributed by atoms with van der Waals surface area (Å²) in [5, 5.41) is 5.21. The second-order valence-electron chi connectivity index (χ2n) is 5.13. The Morgan fingerprint density at radius 1 is 1.27 bits per heavy atom. The zero-order chi connectivity index (χ0) is 16.7. The van der Waals surface area contributed by atoms with Crippen LogP contribution >= 0.6 is 0 Å². The van der Waals surface area contributed by atoms with Crippen LogP contribution in [0.15, 0.2) is 21.7 Å². The van der Waals surface area contributed by atoms with Gasteiger partial charge < -0.3 is 0 Å². The molecule has 9 heteroatoms. The number of fused-ring (bicyclic) bond motifs is 1. The lowest BCUT2D eigenvalue weighted by Gasteiger charge is -2.29. The smallest absolute Gasteiger partial charge is 0.267 e. The van der Waals surface area contributed by atoms with Gasteiger partial charge in [0, 0.05) is 18.2 Å². The van der Waals surface area contributed by atoms with E-state index >= 15 is 0 Å². The largest absolute Gasteiger partial charge is 0.457 e. The Morgan fingerprint density at radius 3 is 2.45 bits per heavy atom. The number of carbonyl (C=O) groups excluding carboxylic acids is 1. The van der Waals surface area contributed by atoms with Crippen LogP contribution in [0.2, 0.25) is 0 Å². The van der Waals surface area contributed by atoms with Crippen LogP contribution in [0.3, 0.4) is 0 Å². The van der Waals surface area contributed by atoms with Crippen molar-refractivity contribution in [3.63, 3.8) is 0 Å². The number of hydrogen-bond acceptors (Lipinski definition) is 3. The predicted octanol–water partition coefficient (Wildman–Crippen LogP) is 3.16. The number of carbonyl (C=O) groups is 1. The summed E-state index contributed by atoms with van der Waals surface area (Å²) >= 11 is 0. The van der Waals surface area contributed by atoms with E-state index in [-0.39, 0.29) is 17.6 Å². The number of hydrogen-bond donors (Lipinski definition) is 0. The first-order valence-electron chi connectivity index (χ1n) is 6.71. The molecule has 1 atom stereocenters. The third-order valence-corrected chi connectivity index (χ3v) is 3.48. The number of nitrogens with zero attached hydrogens (tertiary/aromatic N) is 3. The summed E-state index contributed by atoms with van der Waals surface area (Å²) in [5.74, 6) is -7.80. The molecular formula is C13H14F5N3O. The van der Waals surface area contributed by atoms with Gasteiger partial charge in [-0.1, -0.05) is 13.3 Å². The summed E-state index contributed by atoms with van der Waals surface area (Å²) in [6.45, 7) is 3.55. The fraction of sp³-hybridized carbons (Fsp3) is 0.615. The van der Waals surface area contributed by atoms with Crippen LogP contribution in [0.25, 0.3) is 0 Å². The number of amides is 1. The van der Waals surface area contributed by atoms with E-state index in [1.54, 1.807) is 0 Å². The van der Waals surface area contributed by atoms with Gasteiger partial charge in [0.05, 0.1) is 11.6 Å². The molecule has 0 bridgehead atoms. The molecule has 0 radical (unpaired) electrons. The maximum absolute atomic E-state index is 13.7. The zero-order valence-electron chi connectivity index (χ0n) is 11.9. The van der Waals surface area contributed by atoms with Gasteiger partial charge in [-0.05, 0) is 13.3 Å². The first kappa shape index (κ1) is 16.6. The number of rotatable bonds is 4. The Labute approximate surface area is 123 Å². The molecule has 0 N–H and O–H groups in total. The first-order chi connectivity index (χ1) is 10.1. The van der Waals surface area contributed by atoms with Crippen LogP contribution in [-0.4, -0.2) is 41.1 Å². The number of halogens is 5. The number of aliphatic imine (C=N–C) groups is 1. The fourth-order valence-corrected chi connectivity index (χ4v) is 2.39. The van der Waals surface area contributed by atoms with Gasteiger partial charge >= 0.3 is 12.1 Å². The van der Waals surface area contributed by atoms with E-state index in [0.29, 0.717) is 13.0 Å². The minimum atomic E-state index is -5.78. The lowest BCUT2D eigenvalue weighted by Crippen LogP contribution is -2.45. The van der Waals surface area contributed by atoms with Gasteiger partial charge in [-0.2, -0.15) is 32.0 Å². The van der Waals surface area contributed by atoms with E-state index in [0.717, 1.165) is 6.42 Å². The Hall–Kier alpha value is -1.80. The molecular weight excluding hydrogens is 309 g/mol. The Kier molecular flexibility index (Phi) is 4.09. The van der Waals surface area contributed by atoms with E-state index in [1.807, 2.05) is 6.92 Å². The van der Waals surface area contributed by atoms with Crippen molar-refractivity contribution in [2.24, 2.45) is 16.0 Å². The summed E-state index contributed by atoms with van der Waals surface area (Å²) in [6.07, 6.45) is -4.09. The standard InChI is InChI=1S/C13H14F5N3O/c1-3-4-5-21-11-10(7(2)20-21)8(6-9(22)19-11)12(14,15)13(16,17)18/h6,10H,3-5H2,1-2H3. The van der Waals surface area contributed by atoms with E-state index < -0.39 is 29.5 Å². The minimum Gasteiger partial charge on any atom is -0.267 e. The fourth-order valence-electron chi connectivity index (χ4n) is 2.39. The molecule has 0 aromatic rings. The van der Waals surface area contributed by atoms with Crippen molar-refractivity contribution in [3.05, 3.63) is 11.6 Å². The van der Waals surface area contributed by atoms with E-state index in [1.165, 1.54) is 11.9 Å². The third kappa shape index (κ3) is 2.64. The number of dihydropyridines is 1. The SMILES string of the molecule is CCCCN1N=C(C)C2C(C(F)(F)C(F)(F)F)=CC(=O)N=C21. The summed E-state index contributed by atoms with van der Waals surface area (Å²) in [5.41, 5.74) is -1.24. The van der Waals surface area contributed by atoms with E-state index in [2.05, 4.69) is 10.1 Å². The molecule has 1 unspecified atom stereocenters. The quantitative estimate of drug-likeness (QED) is 0.746. The van der Waals surface area contributed by atoms with Crippen molar-refractivity contribution in [1.29, 1.82) is 0 Å². The number of amidine groups is 1. The van der Waals surface area contributed by atoms with Crippen molar-refractivity contribution in [1.82, 2.24) is 5.01 Å². The molecule has 2 aliphatic heterocycles. The Balaban J connectivity index is 2.41. The molecule has 0 spiro atoms. The molecule has 22 heavy (non-hydrogen) atoms. The van der Waals surface area contributed by atoms with Crippen molar-refractivity contribution in [2.45, 2.75) is 38.8 Å². The highest BCUT2D eigenvalue weighted by atomic mass is 19.4. The minimum absolute atomic E-state index is 0.0672. The lowest BCUT2D eigenvalue weighted by molar-refractivity contribution is -0.265. The maximum Gasteiger partial charge on any atom is 0.457 e. The summed E-state index contributed by atoms with van der Waals surface area (Å²) in [6, 6.07) is 0. The molecule has 0 fully saturated rings. The molecule has 0 aliphatic carbocycles. The van der Waals surface area contributed by atoms with Gasteiger partial charge in [0.1, 0.15) is 5.84 Å². The average Bonchev–Trinajstić information content (AvgIpc) is 2.70. The van der Waals surface area contributed by atoms with Crippen LogP contribution < -0.4 is 0 Å². The van der Waals surface area contributed by atoms with Crippen molar-refractivity contribution in [3.8, 4) is 0 Å². The monoisotopic (exact) mass is 323 g/mol. The Bertz CT molecular complexity index is 577. The summed E-state index contributed by atoms with van der Waals surface area (Å²) in [7, 11) is 0. The molecule has 0 saturated carbocycles. The zero-order valence-corrected chi connectivity index (χ0v) is 11.9. The lowest BCUT2D eigenvalue weighted by atomic mass is 9.87. The molecule has 1 amide bonds. The normalized spacial score (nSPS) is 22.3. The highest BCUT2D eigenvalue weighted by Crippen LogP contribution is 2.46. The Morgan fingerprint density at radius 2 is 1.91 bits per heavy atom. The van der Waals surface area contributed by atoms with Crippen molar-refractivity contribution >= 4 is 17.5 Å². The number of unbranched alkanes of at least 4 members (excludes halogenated alkanes) is 1. The van der Waals surface area contributed by atoms with Crippen LogP contribution in [-0.2, 0) is 4.79 Å². The molecule has 2 aliphatic rings. The van der Waals surface area contributed by atoms with Crippen LogP contribution in [0.1, 0.15) is 26.7 Å². The van der Waals surface area contributed by atoms with Crippen molar-refractivity contribution < 1.29 is 26.7 Å². The van der Waals surface area contributed by atoms with Gasteiger partial charge in [0.25, 0.3) is 5.91 Å². The van der Waals surface area contributed by atoms with Gasteiger partial charge in [-0.3, -0.25) is 9.80 Å². The van der Waals surface area contributed by atoms with Gasteiger partial charge in [-0.15, -0.1) is 0 Å². The van der Waals surface area contributed by atoms with Crippen LogP contribution in [0.4, 0.5) is 22.0 Å². The molecule has 2 heterocycles. The molecule has 122 valence electrons. The molecule has 0 aromatic heterocycles. The van der Waals surface area contributed by atoms with E-state index in [4.69, 9.17) is 0 Å². The highest BCUT2D eigenvalue weighted by molar-refractivity contribution is 6.18. The predicted molar refractivity (Wildman–Crippen MR) is 69.7 cm³/mol. The maximum atomic E-state index is 13.7. The van der Waals surface area contributed by atoms with Crippen molar-refractivity contribution in [2.75, 3.05) is 6.54 Å². The van der Waals surface area contributed by atoms with Crippen LogP contribution in [0.5, 0.6) is 0 Å². The van der Waals surface area contributed by atoms with Crippen LogP contribution in [0, 0.1) is 5.92 Å². The summed E-state index contributed by atoms with van der Waals surface area (Å²) < 4.78 is 65.3. The topological polar surface area (TPSA) is 45.0 Å². The number of hydrazone groups is 1. The van der Waals surface area contributed by atoms with Gasteiger partial charge in [-0.25, -0.2) is 0 Å². The second-order valence-corrected chi connectivity index (χ2v) is 5.13. The first-order valence-corrected chi connectivity index (χ1v) is 6.71. The second kappa shape index (κ2) is 5.44. The molecule has 0 saturated heterocycles. The molecule has 0 aromatic carbocycles.